The minimum Gasteiger partial charge on any atom is -0.478 e. The molecule has 6 heteroatoms. The number of carbonyl (C=O) groups is 1. The van der Waals surface area contributed by atoms with E-state index in [1.165, 1.54) is 0 Å². The quantitative estimate of drug-likeness (QED) is 0.788. The third-order valence-corrected chi connectivity index (χ3v) is 3.29. The zero-order valence-corrected chi connectivity index (χ0v) is 11.2. The van der Waals surface area contributed by atoms with Crippen LogP contribution in [0.2, 0.25) is 0 Å². The summed E-state index contributed by atoms with van der Waals surface area (Å²) >= 11 is 0. The van der Waals surface area contributed by atoms with Crippen LogP contribution >= 0.6 is 0 Å². The molecular formula is C14H14N4O2. The van der Waals surface area contributed by atoms with Gasteiger partial charge in [0.25, 0.3) is 0 Å². The number of aromatic carboxylic acids is 1. The van der Waals surface area contributed by atoms with Gasteiger partial charge in [-0.15, -0.1) is 0 Å². The molecule has 0 unspecified atom stereocenters. The number of aryl methyl sites for hydroxylation is 2. The Hall–Kier alpha value is -2.63. The summed E-state index contributed by atoms with van der Waals surface area (Å²) in [6.45, 7) is 2.43. The van der Waals surface area contributed by atoms with Gasteiger partial charge < -0.3 is 9.67 Å². The molecule has 0 fully saturated rings. The van der Waals surface area contributed by atoms with Gasteiger partial charge in [0.2, 0.25) is 0 Å². The van der Waals surface area contributed by atoms with Crippen LogP contribution < -0.4 is 0 Å². The number of nitrogens with zero attached hydrogens (tertiary/aromatic N) is 4. The van der Waals surface area contributed by atoms with Gasteiger partial charge in [0.1, 0.15) is 5.82 Å². The van der Waals surface area contributed by atoms with Crippen molar-refractivity contribution < 1.29 is 9.90 Å². The number of carboxylic acids is 1. The van der Waals surface area contributed by atoms with E-state index in [2.05, 4.69) is 10.1 Å². The Kier molecular flexibility index (Phi) is 2.78. The number of imidazole rings is 1. The fourth-order valence-corrected chi connectivity index (χ4v) is 2.40. The topological polar surface area (TPSA) is 72.9 Å². The van der Waals surface area contributed by atoms with Crippen molar-refractivity contribution in [2.75, 3.05) is 0 Å². The van der Waals surface area contributed by atoms with Crippen LogP contribution in [-0.2, 0) is 13.6 Å². The van der Waals surface area contributed by atoms with E-state index in [1.54, 1.807) is 23.0 Å². The van der Waals surface area contributed by atoms with Crippen LogP contribution in [-0.4, -0.2) is 30.4 Å². The van der Waals surface area contributed by atoms with Crippen LogP contribution in [0.4, 0.5) is 0 Å². The summed E-state index contributed by atoms with van der Waals surface area (Å²) in [5, 5.41) is 13.5. The third-order valence-electron chi connectivity index (χ3n) is 3.29. The zero-order valence-electron chi connectivity index (χ0n) is 11.2. The number of rotatable bonds is 3. The smallest absolute Gasteiger partial charge is 0.337 e. The van der Waals surface area contributed by atoms with Crippen molar-refractivity contribution in [2.45, 2.75) is 13.5 Å². The SMILES string of the molecule is Cc1nc2cccc(C(=O)O)c2n1Cc1cnn(C)c1. The Morgan fingerprint density at radius 2 is 2.20 bits per heavy atom. The number of aromatic nitrogens is 4. The summed E-state index contributed by atoms with van der Waals surface area (Å²) in [5.41, 5.74) is 2.63. The second kappa shape index (κ2) is 4.48. The molecule has 0 aliphatic carbocycles. The second-order valence-electron chi connectivity index (χ2n) is 4.75. The molecule has 102 valence electrons. The Morgan fingerprint density at radius 3 is 2.85 bits per heavy atom. The molecule has 3 aromatic rings. The zero-order chi connectivity index (χ0) is 14.3. The first-order chi connectivity index (χ1) is 9.56. The van der Waals surface area contributed by atoms with Gasteiger partial charge >= 0.3 is 5.97 Å². The molecule has 0 radical (unpaired) electrons. The molecule has 0 aliphatic rings. The largest absolute Gasteiger partial charge is 0.478 e. The van der Waals surface area contributed by atoms with Gasteiger partial charge in [-0.05, 0) is 19.1 Å². The fourth-order valence-electron chi connectivity index (χ4n) is 2.40. The van der Waals surface area contributed by atoms with Crippen molar-refractivity contribution in [1.82, 2.24) is 19.3 Å². The lowest BCUT2D eigenvalue weighted by molar-refractivity contribution is 0.0698. The standard InChI is InChI=1S/C14H14N4O2/c1-9-16-12-5-3-4-11(14(19)20)13(12)18(9)8-10-6-15-17(2)7-10/h3-7H,8H2,1-2H3,(H,19,20). The molecule has 1 aromatic carbocycles. The monoisotopic (exact) mass is 270 g/mol. The minimum absolute atomic E-state index is 0.270. The van der Waals surface area contributed by atoms with Gasteiger partial charge in [-0.3, -0.25) is 4.68 Å². The highest BCUT2D eigenvalue weighted by Gasteiger charge is 2.16. The number of hydrogen-bond donors (Lipinski definition) is 1. The molecule has 20 heavy (non-hydrogen) atoms. The van der Waals surface area contributed by atoms with Crippen LogP contribution in [0.15, 0.2) is 30.6 Å². The number of para-hydroxylation sites is 1. The number of hydrogen-bond acceptors (Lipinski definition) is 3. The lowest BCUT2D eigenvalue weighted by Crippen LogP contribution is -2.06. The number of fused-ring (bicyclic) bond motifs is 1. The van der Waals surface area contributed by atoms with Crippen LogP contribution in [0.1, 0.15) is 21.7 Å². The van der Waals surface area contributed by atoms with Gasteiger partial charge in [0, 0.05) is 18.8 Å². The molecule has 0 saturated heterocycles. The average Bonchev–Trinajstić information content (AvgIpc) is 2.94. The maximum absolute atomic E-state index is 11.4. The second-order valence-corrected chi connectivity index (χ2v) is 4.75. The minimum atomic E-state index is -0.942. The lowest BCUT2D eigenvalue weighted by Gasteiger charge is -2.07. The normalized spacial score (nSPS) is 11.1. The maximum Gasteiger partial charge on any atom is 0.337 e. The van der Waals surface area contributed by atoms with Crippen LogP contribution in [0.5, 0.6) is 0 Å². The number of carboxylic acid groups (broad SMARTS) is 1. The Balaban J connectivity index is 2.18. The van der Waals surface area contributed by atoms with Crippen LogP contribution in [0.3, 0.4) is 0 Å². The first-order valence-corrected chi connectivity index (χ1v) is 6.23. The molecule has 0 bridgehead atoms. The van der Waals surface area contributed by atoms with E-state index >= 15 is 0 Å². The Morgan fingerprint density at radius 1 is 1.40 bits per heavy atom. The Labute approximate surface area is 115 Å². The van der Waals surface area contributed by atoms with Gasteiger partial charge in [0.05, 0.1) is 29.3 Å². The molecule has 3 rings (SSSR count). The van der Waals surface area contributed by atoms with E-state index in [1.807, 2.05) is 30.8 Å². The summed E-state index contributed by atoms with van der Waals surface area (Å²) in [5.74, 6) is -0.152. The van der Waals surface area contributed by atoms with Crippen LogP contribution in [0.25, 0.3) is 11.0 Å². The molecule has 6 nitrogen and oxygen atoms in total. The fraction of sp³-hybridized carbons (Fsp3) is 0.214. The molecule has 0 spiro atoms. The van der Waals surface area contributed by atoms with E-state index in [4.69, 9.17) is 0 Å². The predicted molar refractivity (Wildman–Crippen MR) is 73.7 cm³/mol. The predicted octanol–water partition coefficient (Wildman–Crippen LogP) is 1.82. The molecule has 2 heterocycles. The van der Waals surface area contributed by atoms with Crippen LogP contribution in [0, 0.1) is 6.92 Å². The van der Waals surface area contributed by atoms with Gasteiger partial charge in [0.15, 0.2) is 0 Å². The van der Waals surface area contributed by atoms with E-state index < -0.39 is 5.97 Å². The first-order valence-electron chi connectivity index (χ1n) is 6.23. The molecule has 0 atom stereocenters. The van der Waals surface area contributed by atoms with Crippen molar-refractivity contribution in [3.05, 3.63) is 47.5 Å². The summed E-state index contributed by atoms with van der Waals surface area (Å²) in [6, 6.07) is 5.15. The maximum atomic E-state index is 11.4. The number of benzene rings is 1. The van der Waals surface area contributed by atoms with Gasteiger partial charge in [-0.1, -0.05) is 6.07 Å². The van der Waals surface area contributed by atoms with Gasteiger partial charge in [-0.25, -0.2) is 9.78 Å². The highest BCUT2D eigenvalue weighted by atomic mass is 16.4. The summed E-state index contributed by atoms with van der Waals surface area (Å²) in [7, 11) is 1.85. The van der Waals surface area contributed by atoms with Crippen molar-refractivity contribution >= 4 is 17.0 Å². The molecule has 0 amide bonds. The molecular weight excluding hydrogens is 256 g/mol. The first kappa shape index (κ1) is 12.4. The van der Waals surface area contributed by atoms with E-state index in [-0.39, 0.29) is 5.56 Å². The van der Waals surface area contributed by atoms with E-state index in [0.717, 1.165) is 11.4 Å². The lowest BCUT2D eigenvalue weighted by atomic mass is 10.2. The van der Waals surface area contributed by atoms with Gasteiger partial charge in [-0.2, -0.15) is 5.10 Å². The molecule has 0 saturated carbocycles. The third kappa shape index (κ3) is 1.95. The summed E-state index contributed by atoms with van der Waals surface area (Å²) in [4.78, 5) is 15.8. The van der Waals surface area contributed by atoms with Crippen molar-refractivity contribution in [3.63, 3.8) is 0 Å². The van der Waals surface area contributed by atoms with E-state index in [9.17, 15) is 9.90 Å². The highest BCUT2D eigenvalue weighted by molar-refractivity contribution is 6.01. The molecule has 0 aliphatic heterocycles. The van der Waals surface area contributed by atoms with Crippen molar-refractivity contribution in [3.8, 4) is 0 Å². The van der Waals surface area contributed by atoms with Crippen molar-refractivity contribution in [2.24, 2.45) is 7.05 Å². The van der Waals surface area contributed by atoms with Crippen molar-refractivity contribution in [1.29, 1.82) is 0 Å². The van der Waals surface area contributed by atoms with E-state index in [0.29, 0.717) is 17.6 Å². The molecule has 1 N–H and O–H groups in total. The summed E-state index contributed by atoms with van der Waals surface area (Å²) < 4.78 is 3.64. The molecule has 2 aromatic heterocycles. The average molecular weight is 270 g/mol. The Bertz CT molecular complexity index is 801. The summed E-state index contributed by atoms with van der Waals surface area (Å²) in [6.07, 6.45) is 3.68. The highest BCUT2D eigenvalue weighted by Crippen LogP contribution is 2.21.